The molecular formula is C18H28ClNO2. The minimum Gasteiger partial charge on any atom is -0.377 e. The second kappa shape index (κ2) is 9.98. The van der Waals surface area contributed by atoms with E-state index in [2.05, 4.69) is 18.3 Å². The second-order valence-electron chi connectivity index (χ2n) is 5.73. The SMILES string of the molecule is CCCCOC1CCNCC1c1ccccc1C(=O)CC.Cl. The molecule has 1 aliphatic heterocycles. The maximum absolute atomic E-state index is 12.2. The lowest BCUT2D eigenvalue weighted by atomic mass is 9.84. The summed E-state index contributed by atoms with van der Waals surface area (Å²) >= 11 is 0. The maximum atomic E-state index is 12.2. The van der Waals surface area contributed by atoms with Crippen LogP contribution in [0.2, 0.25) is 0 Å². The number of nitrogens with one attached hydrogen (secondary N) is 1. The van der Waals surface area contributed by atoms with Gasteiger partial charge in [0.05, 0.1) is 6.10 Å². The van der Waals surface area contributed by atoms with Crippen molar-refractivity contribution in [1.29, 1.82) is 0 Å². The quantitative estimate of drug-likeness (QED) is 0.609. The number of hydrogen-bond donors (Lipinski definition) is 1. The Hall–Kier alpha value is -0.900. The molecule has 1 fully saturated rings. The fraction of sp³-hybridized carbons (Fsp3) is 0.611. The zero-order chi connectivity index (χ0) is 15.1. The Balaban J connectivity index is 0.00000242. The lowest BCUT2D eigenvalue weighted by Crippen LogP contribution is -2.40. The van der Waals surface area contributed by atoms with Crippen LogP contribution in [0.3, 0.4) is 0 Å². The van der Waals surface area contributed by atoms with E-state index < -0.39 is 0 Å². The summed E-state index contributed by atoms with van der Waals surface area (Å²) in [4.78, 5) is 12.2. The zero-order valence-electron chi connectivity index (χ0n) is 13.6. The minimum atomic E-state index is 0. The van der Waals surface area contributed by atoms with Gasteiger partial charge in [-0.2, -0.15) is 0 Å². The molecule has 0 bridgehead atoms. The van der Waals surface area contributed by atoms with E-state index in [4.69, 9.17) is 4.74 Å². The van der Waals surface area contributed by atoms with Crippen LogP contribution in [-0.2, 0) is 4.74 Å². The third kappa shape index (κ3) is 4.80. The lowest BCUT2D eigenvalue weighted by molar-refractivity contribution is 0.0166. The Bertz CT molecular complexity index is 464. The smallest absolute Gasteiger partial charge is 0.162 e. The number of carbonyl (C=O) groups excluding carboxylic acids is 1. The first-order valence-electron chi connectivity index (χ1n) is 8.22. The van der Waals surface area contributed by atoms with Crippen LogP contribution in [0.5, 0.6) is 0 Å². The highest BCUT2D eigenvalue weighted by atomic mass is 35.5. The molecule has 1 aromatic carbocycles. The van der Waals surface area contributed by atoms with E-state index in [1.807, 2.05) is 25.1 Å². The van der Waals surface area contributed by atoms with Crippen LogP contribution in [0.4, 0.5) is 0 Å². The van der Waals surface area contributed by atoms with Crippen LogP contribution in [0, 0.1) is 0 Å². The van der Waals surface area contributed by atoms with Gasteiger partial charge in [-0.3, -0.25) is 4.79 Å². The van der Waals surface area contributed by atoms with Crippen molar-refractivity contribution in [3.8, 4) is 0 Å². The molecule has 4 heteroatoms. The highest BCUT2D eigenvalue weighted by Gasteiger charge is 2.29. The van der Waals surface area contributed by atoms with Crippen LogP contribution in [0.25, 0.3) is 0 Å². The van der Waals surface area contributed by atoms with Crippen LogP contribution in [0.15, 0.2) is 24.3 Å². The van der Waals surface area contributed by atoms with Crippen molar-refractivity contribution in [3.05, 3.63) is 35.4 Å². The molecule has 0 radical (unpaired) electrons. The monoisotopic (exact) mass is 325 g/mol. The van der Waals surface area contributed by atoms with Gasteiger partial charge in [0.25, 0.3) is 0 Å². The van der Waals surface area contributed by atoms with Gasteiger partial charge < -0.3 is 10.1 Å². The van der Waals surface area contributed by atoms with Gasteiger partial charge in [0.1, 0.15) is 0 Å². The average molecular weight is 326 g/mol. The summed E-state index contributed by atoms with van der Waals surface area (Å²) in [5, 5.41) is 3.45. The van der Waals surface area contributed by atoms with Crippen LogP contribution >= 0.6 is 12.4 Å². The van der Waals surface area contributed by atoms with Gasteiger partial charge in [0.15, 0.2) is 5.78 Å². The predicted octanol–water partition coefficient (Wildman–Crippen LogP) is 3.96. The van der Waals surface area contributed by atoms with Gasteiger partial charge in [-0.05, 0) is 24.9 Å². The topological polar surface area (TPSA) is 38.3 Å². The van der Waals surface area contributed by atoms with E-state index in [0.29, 0.717) is 6.42 Å². The van der Waals surface area contributed by atoms with Crippen LogP contribution in [0.1, 0.15) is 61.4 Å². The molecule has 22 heavy (non-hydrogen) atoms. The Morgan fingerprint density at radius 1 is 1.32 bits per heavy atom. The number of ketones is 1. The predicted molar refractivity (Wildman–Crippen MR) is 93.2 cm³/mol. The summed E-state index contributed by atoms with van der Waals surface area (Å²) in [5.74, 6) is 0.505. The molecule has 1 N–H and O–H groups in total. The lowest BCUT2D eigenvalue weighted by Gasteiger charge is -2.33. The molecule has 2 rings (SSSR count). The first-order valence-corrected chi connectivity index (χ1v) is 8.22. The molecule has 1 saturated heterocycles. The van der Waals surface area contributed by atoms with Crippen molar-refractivity contribution in [2.24, 2.45) is 0 Å². The highest BCUT2D eigenvalue weighted by molar-refractivity contribution is 5.97. The molecule has 124 valence electrons. The molecule has 0 aliphatic carbocycles. The Morgan fingerprint density at radius 2 is 2.09 bits per heavy atom. The number of hydrogen-bond acceptors (Lipinski definition) is 3. The van der Waals surface area contributed by atoms with E-state index >= 15 is 0 Å². The van der Waals surface area contributed by atoms with Crippen LogP contribution < -0.4 is 5.32 Å². The summed E-state index contributed by atoms with van der Waals surface area (Å²) in [7, 11) is 0. The van der Waals surface area contributed by atoms with Crippen molar-refractivity contribution in [2.45, 2.75) is 51.6 Å². The zero-order valence-corrected chi connectivity index (χ0v) is 14.5. The molecular weight excluding hydrogens is 298 g/mol. The number of ether oxygens (including phenoxy) is 1. The number of halogens is 1. The molecule has 2 unspecified atom stereocenters. The van der Waals surface area contributed by atoms with Gasteiger partial charge in [-0.1, -0.05) is 44.5 Å². The second-order valence-corrected chi connectivity index (χ2v) is 5.73. The minimum absolute atomic E-state index is 0. The van der Waals surface area contributed by atoms with Crippen molar-refractivity contribution < 1.29 is 9.53 Å². The normalized spacial score (nSPS) is 21.2. The number of carbonyl (C=O) groups is 1. The van der Waals surface area contributed by atoms with Gasteiger partial charge >= 0.3 is 0 Å². The molecule has 1 heterocycles. The maximum Gasteiger partial charge on any atom is 0.162 e. The summed E-state index contributed by atoms with van der Waals surface area (Å²) < 4.78 is 6.11. The van der Waals surface area contributed by atoms with Gasteiger partial charge in [0, 0.05) is 31.1 Å². The Labute approximate surface area is 140 Å². The van der Waals surface area contributed by atoms with Gasteiger partial charge in [-0.25, -0.2) is 0 Å². The molecule has 1 aliphatic rings. The summed E-state index contributed by atoms with van der Waals surface area (Å²) in [6.07, 6.45) is 4.05. The molecule has 3 nitrogen and oxygen atoms in total. The van der Waals surface area contributed by atoms with Crippen molar-refractivity contribution in [1.82, 2.24) is 5.32 Å². The number of benzene rings is 1. The van der Waals surface area contributed by atoms with Crippen LogP contribution in [-0.4, -0.2) is 31.6 Å². The standard InChI is InChI=1S/C18H27NO2.ClH/c1-3-5-12-21-18-10-11-19-13-16(18)14-8-6-7-9-15(14)17(20)4-2;/h6-9,16,18-19H,3-5,10-13H2,1-2H3;1H. The van der Waals surface area contributed by atoms with E-state index in [9.17, 15) is 4.79 Å². The molecule has 2 atom stereocenters. The summed E-state index contributed by atoms with van der Waals surface area (Å²) in [6.45, 7) is 6.81. The van der Waals surface area contributed by atoms with Gasteiger partial charge in [-0.15, -0.1) is 12.4 Å². The molecule has 1 aromatic rings. The molecule has 0 amide bonds. The molecule has 0 spiro atoms. The fourth-order valence-corrected chi connectivity index (χ4v) is 2.99. The Morgan fingerprint density at radius 3 is 2.82 bits per heavy atom. The Kier molecular flexibility index (Phi) is 8.69. The highest BCUT2D eigenvalue weighted by Crippen LogP contribution is 2.29. The van der Waals surface area contributed by atoms with E-state index in [1.165, 1.54) is 0 Å². The number of Topliss-reactive ketones (excluding diaryl/α,β-unsaturated/α-hetero) is 1. The van der Waals surface area contributed by atoms with Crippen molar-refractivity contribution >= 4 is 18.2 Å². The third-order valence-electron chi connectivity index (χ3n) is 4.23. The molecule has 0 saturated carbocycles. The van der Waals surface area contributed by atoms with E-state index in [0.717, 1.165) is 50.1 Å². The van der Waals surface area contributed by atoms with E-state index in [-0.39, 0.29) is 30.2 Å². The van der Waals surface area contributed by atoms with E-state index in [1.54, 1.807) is 0 Å². The fourth-order valence-electron chi connectivity index (χ4n) is 2.99. The van der Waals surface area contributed by atoms with Crippen molar-refractivity contribution in [2.75, 3.05) is 19.7 Å². The number of piperidine rings is 1. The number of unbranched alkanes of at least 4 members (excludes halogenated alkanes) is 1. The summed E-state index contributed by atoms with van der Waals surface area (Å²) in [5.41, 5.74) is 2.02. The summed E-state index contributed by atoms with van der Waals surface area (Å²) in [6, 6.07) is 8.03. The largest absolute Gasteiger partial charge is 0.377 e. The van der Waals surface area contributed by atoms with Crippen molar-refractivity contribution in [3.63, 3.8) is 0 Å². The third-order valence-corrected chi connectivity index (χ3v) is 4.23. The number of rotatable bonds is 7. The van der Waals surface area contributed by atoms with Gasteiger partial charge in [0.2, 0.25) is 0 Å². The first-order chi connectivity index (χ1) is 10.3. The molecule has 0 aromatic heterocycles. The first kappa shape index (κ1) is 19.1. The average Bonchev–Trinajstić information content (AvgIpc) is 2.55.